The lowest BCUT2D eigenvalue weighted by atomic mass is 10.0. The zero-order valence-corrected chi connectivity index (χ0v) is 11.8. The van der Waals surface area contributed by atoms with Crippen LogP contribution in [0.1, 0.15) is 15.9 Å². The van der Waals surface area contributed by atoms with Gasteiger partial charge in [-0.3, -0.25) is 4.79 Å². The third-order valence-electron chi connectivity index (χ3n) is 2.50. The van der Waals surface area contributed by atoms with Gasteiger partial charge in [-0.1, -0.05) is 11.6 Å². The van der Waals surface area contributed by atoms with E-state index >= 15 is 0 Å². The summed E-state index contributed by atoms with van der Waals surface area (Å²) in [6.07, 6.45) is 0. The van der Waals surface area contributed by atoms with Crippen LogP contribution in [0.25, 0.3) is 0 Å². The zero-order valence-electron chi connectivity index (χ0n) is 9.49. The predicted molar refractivity (Wildman–Crippen MR) is 68.9 cm³/mol. The van der Waals surface area contributed by atoms with E-state index in [0.29, 0.717) is 12.1 Å². The van der Waals surface area contributed by atoms with Crippen LogP contribution >= 0.6 is 27.5 Å². The van der Waals surface area contributed by atoms with Gasteiger partial charge in [-0.2, -0.15) is 0 Å². The van der Waals surface area contributed by atoms with Gasteiger partial charge in [0.2, 0.25) is 0 Å². The van der Waals surface area contributed by atoms with Crippen molar-refractivity contribution in [3.63, 3.8) is 0 Å². The smallest absolute Gasteiger partial charge is 0.196 e. The summed E-state index contributed by atoms with van der Waals surface area (Å²) < 4.78 is 52.8. The fraction of sp³-hybridized carbons (Fsp3) is 0. The third-order valence-corrected chi connectivity index (χ3v) is 3.70. The Morgan fingerprint density at radius 2 is 1.50 bits per heavy atom. The standard InChI is InChI=1S/C13H4BrClF4O/c14-7-4-9(16)6(3-8(7)15)13(20)5-1-10(17)12(19)11(18)2-5/h1-4H. The number of ketones is 1. The van der Waals surface area contributed by atoms with Crippen LogP contribution in [0.5, 0.6) is 0 Å². The van der Waals surface area contributed by atoms with Crippen LogP contribution < -0.4 is 0 Å². The summed E-state index contributed by atoms with van der Waals surface area (Å²) in [6.45, 7) is 0. The summed E-state index contributed by atoms with van der Waals surface area (Å²) in [5, 5.41) is 0.0535. The van der Waals surface area contributed by atoms with Gasteiger partial charge in [-0.05, 0) is 40.2 Å². The monoisotopic (exact) mass is 366 g/mol. The van der Waals surface area contributed by atoms with Crippen molar-refractivity contribution in [2.45, 2.75) is 0 Å². The molecule has 104 valence electrons. The normalized spacial score (nSPS) is 10.7. The fourth-order valence-corrected chi connectivity index (χ4v) is 2.02. The van der Waals surface area contributed by atoms with Crippen molar-refractivity contribution in [2.75, 3.05) is 0 Å². The second kappa shape index (κ2) is 5.54. The molecule has 0 atom stereocenters. The summed E-state index contributed by atoms with van der Waals surface area (Å²) in [6, 6.07) is 2.96. The second-order valence-electron chi connectivity index (χ2n) is 3.83. The third kappa shape index (κ3) is 2.71. The summed E-state index contributed by atoms with van der Waals surface area (Å²) in [5.41, 5.74) is -0.984. The van der Waals surface area contributed by atoms with Gasteiger partial charge in [-0.15, -0.1) is 0 Å². The maximum atomic E-state index is 13.7. The Morgan fingerprint density at radius 3 is 2.05 bits per heavy atom. The predicted octanol–water partition coefficient (Wildman–Crippen LogP) is 4.89. The maximum Gasteiger partial charge on any atom is 0.196 e. The lowest BCUT2D eigenvalue weighted by Gasteiger charge is -2.06. The van der Waals surface area contributed by atoms with Crippen LogP contribution in [-0.2, 0) is 0 Å². The molecule has 0 unspecified atom stereocenters. The van der Waals surface area contributed by atoms with Crippen molar-refractivity contribution in [3.05, 3.63) is 68.2 Å². The van der Waals surface area contributed by atoms with Crippen molar-refractivity contribution in [1.82, 2.24) is 0 Å². The van der Waals surface area contributed by atoms with Crippen LogP contribution in [0.4, 0.5) is 17.6 Å². The van der Waals surface area contributed by atoms with Crippen molar-refractivity contribution in [2.24, 2.45) is 0 Å². The molecule has 0 spiro atoms. The van der Waals surface area contributed by atoms with Crippen molar-refractivity contribution >= 4 is 33.3 Å². The van der Waals surface area contributed by atoms with Crippen molar-refractivity contribution in [3.8, 4) is 0 Å². The lowest BCUT2D eigenvalue weighted by Crippen LogP contribution is -2.07. The van der Waals surface area contributed by atoms with E-state index in [1.165, 1.54) is 0 Å². The topological polar surface area (TPSA) is 17.1 Å². The molecule has 20 heavy (non-hydrogen) atoms. The van der Waals surface area contributed by atoms with Crippen LogP contribution in [-0.4, -0.2) is 5.78 Å². The van der Waals surface area contributed by atoms with Gasteiger partial charge in [0.1, 0.15) is 5.82 Å². The fourth-order valence-electron chi connectivity index (χ4n) is 1.54. The van der Waals surface area contributed by atoms with Crippen LogP contribution in [0.2, 0.25) is 5.02 Å². The molecule has 1 nitrogen and oxygen atoms in total. The number of carbonyl (C=O) groups is 1. The highest BCUT2D eigenvalue weighted by molar-refractivity contribution is 9.10. The van der Waals surface area contributed by atoms with Crippen molar-refractivity contribution < 1.29 is 22.4 Å². The van der Waals surface area contributed by atoms with Gasteiger partial charge in [0.25, 0.3) is 0 Å². The molecule has 0 heterocycles. The molecule has 0 radical (unpaired) electrons. The Kier molecular flexibility index (Phi) is 4.15. The Labute approximate surface area is 124 Å². The maximum absolute atomic E-state index is 13.7. The molecular weight excluding hydrogens is 363 g/mol. The first-order valence-corrected chi connectivity index (χ1v) is 6.32. The highest BCUT2D eigenvalue weighted by atomic mass is 79.9. The Morgan fingerprint density at radius 1 is 0.950 bits per heavy atom. The van der Waals surface area contributed by atoms with E-state index in [4.69, 9.17) is 11.6 Å². The van der Waals surface area contributed by atoms with E-state index < -0.39 is 40.2 Å². The molecule has 0 N–H and O–H groups in total. The highest BCUT2D eigenvalue weighted by Crippen LogP contribution is 2.27. The van der Waals surface area contributed by atoms with E-state index in [9.17, 15) is 22.4 Å². The van der Waals surface area contributed by atoms with Crippen LogP contribution in [0.3, 0.4) is 0 Å². The molecule has 0 aliphatic rings. The van der Waals surface area contributed by atoms with E-state index in [-0.39, 0.29) is 9.50 Å². The molecule has 0 bridgehead atoms. The summed E-state index contributed by atoms with van der Waals surface area (Å²) in [7, 11) is 0. The van der Waals surface area contributed by atoms with Crippen LogP contribution in [0, 0.1) is 23.3 Å². The molecule has 0 aliphatic heterocycles. The molecule has 0 aromatic heterocycles. The minimum absolute atomic E-state index is 0.0535. The molecule has 2 aromatic rings. The van der Waals surface area contributed by atoms with Crippen LogP contribution in [0.15, 0.2) is 28.7 Å². The quantitative estimate of drug-likeness (QED) is 0.320. The van der Waals surface area contributed by atoms with E-state index in [1.54, 1.807) is 0 Å². The Balaban J connectivity index is 2.55. The van der Waals surface area contributed by atoms with E-state index in [2.05, 4.69) is 15.9 Å². The largest absolute Gasteiger partial charge is 0.288 e. The van der Waals surface area contributed by atoms with Gasteiger partial charge in [0.05, 0.1) is 10.6 Å². The second-order valence-corrected chi connectivity index (χ2v) is 5.09. The molecule has 2 aromatic carbocycles. The number of hydrogen-bond acceptors (Lipinski definition) is 1. The Bertz CT molecular complexity index is 695. The van der Waals surface area contributed by atoms with Gasteiger partial charge in [0, 0.05) is 10.0 Å². The van der Waals surface area contributed by atoms with E-state index in [0.717, 1.165) is 12.1 Å². The molecule has 2 rings (SSSR count). The minimum atomic E-state index is -1.70. The first kappa shape index (κ1) is 15.0. The zero-order chi connectivity index (χ0) is 15.0. The highest BCUT2D eigenvalue weighted by Gasteiger charge is 2.20. The molecular formula is C13H4BrClF4O. The summed E-state index contributed by atoms with van der Waals surface area (Å²) in [4.78, 5) is 12.0. The Hall–Kier alpha value is -1.40. The number of hydrogen-bond donors (Lipinski definition) is 0. The van der Waals surface area contributed by atoms with Gasteiger partial charge in [0.15, 0.2) is 23.2 Å². The van der Waals surface area contributed by atoms with Gasteiger partial charge < -0.3 is 0 Å². The molecule has 0 saturated heterocycles. The average Bonchev–Trinajstić information content (AvgIpc) is 2.38. The number of rotatable bonds is 2. The molecule has 0 saturated carbocycles. The number of halogens is 6. The lowest BCUT2D eigenvalue weighted by molar-refractivity contribution is 0.103. The average molecular weight is 368 g/mol. The summed E-state index contributed by atoms with van der Waals surface area (Å²) in [5.74, 6) is -6.68. The van der Waals surface area contributed by atoms with E-state index in [1.807, 2.05) is 0 Å². The van der Waals surface area contributed by atoms with Gasteiger partial charge in [-0.25, -0.2) is 17.6 Å². The first-order valence-electron chi connectivity index (χ1n) is 5.15. The minimum Gasteiger partial charge on any atom is -0.288 e. The first-order chi connectivity index (χ1) is 9.31. The number of carbonyl (C=O) groups excluding carboxylic acids is 1. The van der Waals surface area contributed by atoms with Gasteiger partial charge >= 0.3 is 0 Å². The molecule has 0 amide bonds. The summed E-state index contributed by atoms with van der Waals surface area (Å²) >= 11 is 8.70. The number of benzene rings is 2. The SMILES string of the molecule is O=C(c1cc(F)c(F)c(F)c1)c1cc(Cl)c(Br)cc1F. The van der Waals surface area contributed by atoms with Crippen molar-refractivity contribution in [1.29, 1.82) is 0 Å². The molecule has 0 fully saturated rings. The molecule has 0 aliphatic carbocycles. The molecule has 7 heteroatoms.